The van der Waals surface area contributed by atoms with E-state index in [1.165, 1.54) is 0 Å². The third-order valence-corrected chi connectivity index (χ3v) is 6.24. The average molecular weight is 396 g/mol. The van der Waals surface area contributed by atoms with Crippen molar-refractivity contribution in [2.24, 2.45) is 5.92 Å². The lowest BCUT2D eigenvalue weighted by Crippen LogP contribution is -2.51. The third-order valence-electron chi connectivity index (χ3n) is 6.24. The Kier molecular flexibility index (Phi) is 6.09. The fourth-order valence-electron chi connectivity index (χ4n) is 4.50. The van der Waals surface area contributed by atoms with Crippen molar-refractivity contribution in [2.75, 3.05) is 26.3 Å². The van der Waals surface area contributed by atoms with Crippen LogP contribution < -0.4 is 4.74 Å². The highest BCUT2D eigenvalue weighted by Gasteiger charge is 2.41. The summed E-state index contributed by atoms with van der Waals surface area (Å²) in [5, 5.41) is 0. The van der Waals surface area contributed by atoms with E-state index < -0.39 is 0 Å². The first-order valence-corrected chi connectivity index (χ1v) is 10.5. The molecular weight excluding hydrogens is 366 g/mol. The van der Waals surface area contributed by atoms with Crippen LogP contribution in [-0.2, 0) is 4.74 Å². The molecule has 4 rings (SSSR count). The number of nitrogens with zero attached hydrogens (tertiary/aromatic N) is 3. The van der Waals surface area contributed by atoms with E-state index in [1.54, 1.807) is 18.6 Å². The fourth-order valence-corrected chi connectivity index (χ4v) is 4.50. The monoisotopic (exact) mass is 395 g/mol. The normalized spacial score (nSPS) is 21.1. The van der Waals surface area contributed by atoms with Crippen molar-refractivity contribution in [3.63, 3.8) is 0 Å². The van der Waals surface area contributed by atoms with Gasteiger partial charge in [-0.25, -0.2) is 0 Å². The third kappa shape index (κ3) is 4.75. The molecule has 0 N–H and O–H groups in total. The SMILES string of the molecule is Cc1ncccc1C(=O)N1CCC2(CC1)CC(CCOc1ccncc1)CCO2. The van der Waals surface area contributed by atoms with Gasteiger partial charge in [0.2, 0.25) is 0 Å². The molecule has 1 unspecified atom stereocenters. The second-order valence-electron chi connectivity index (χ2n) is 8.14. The van der Waals surface area contributed by atoms with Crippen molar-refractivity contribution in [1.29, 1.82) is 0 Å². The molecule has 0 radical (unpaired) electrons. The van der Waals surface area contributed by atoms with Crippen LogP contribution in [0, 0.1) is 12.8 Å². The summed E-state index contributed by atoms with van der Waals surface area (Å²) in [6, 6.07) is 7.48. The summed E-state index contributed by atoms with van der Waals surface area (Å²) < 4.78 is 12.1. The molecule has 2 aliphatic rings. The van der Waals surface area contributed by atoms with Gasteiger partial charge in [-0.15, -0.1) is 0 Å². The molecule has 0 saturated carbocycles. The Morgan fingerprint density at radius 3 is 2.79 bits per heavy atom. The van der Waals surface area contributed by atoms with Gasteiger partial charge in [-0.1, -0.05) is 0 Å². The van der Waals surface area contributed by atoms with Gasteiger partial charge in [0.1, 0.15) is 5.75 Å². The lowest BCUT2D eigenvalue weighted by molar-refractivity contribution is -0.125. The summed E-state index contributed by atoms with van der Waals surface area (Å²) in [7, 11) is 0. The first kappa shape index (κ1) is 19.8. The standard InChI is InChI=1S/C23H29N3O3/c1-18-21(3-2-10-25-18)22(27)26-13-8-23(9-14-26)17-19(7-16-29-23)6-15-28-20-4-11-24-12-5-20/h2-5,10-12,19H,6-9,13-17H2,1H3. The highest BCUT2D eigenvalue weighted by molar-refractivity contribution is 5.95. The van der Waals surface area contributed by atoms with Crippen LogP contribution in [0.15, 0.2) is 42.9 Å². The number of hydrogen-bond acceptors (Lipinski definition) is 5. The molecule has 2 aromatic rings. The van der Waals surface area contributed by atoms with Gasteiger partial charge in [-0.05, 0) is 69.2 Å². The van der Waals surface area contributed by atoms with Crippen LogP contribution in [0.5, 0.6) is 5.75 Å². The maximum absolute atomic E-state index is 12.9. The van der Waals surface area contributed by atoms with E-state index in [-0.39, 0.29) is 11.5 Å². The second kappa shape index (κ2) is 8.91. The smallest absolute Gasteiger partial charge is 0.255 e. The number of likely N-dealkylation sites (tertiary alicyclic amines) is 1. The van der Waals surface area contributed by atoms with Gasteiger partial charge in [-0.2, -0.15) is 0 Å². The Bertz CT molecular complexity index is 819. The topological polar surface area (TPSA) is 64.6 Å². The number of rotatable bonds is 5. The van der Waals surface area contributed by atoms with Gasteiger partial charge in [0.15, 0.2) is 0 Å². The summed E-state index contributed by atoms with van der Waals surface area (Å²) in [5.74, 6) is 1.57. The molecule has 0 bridgehead atoms. The number of amides is 1. The fraction of sp³-hybridized carbons (Fsp3) is 0.522. The van der Waals surface area contributed by atoms with Gasteiger partial charge < -0.3 is 14.4 Å². The molecule has 4 heterocycles. The highest BCUT2D eigenvalue weighted by atomic mass is 16.5. The molecule has 2 saturated heterocycles. The van der Waals surface area contributed by atoms with Crippen molar-refractivity contribution in [3.05, 3.63) is 54.1 Å². The van der Waals surface area contributed by atoms with Crippen molar-refractivity contribution < 1.29 is 14.3 Å². The van der Waals surface area contributed by atoms with Crippen molar-refractivity contribution >= 4 is 5.91 Å². The first-order valence-electron chi connectivity index (χ1n) is 10.5. The molecule has 29 heavy (non-hydrogen) atoms. The lowest BCUT2D eigenvalue weighted by atomic mass is 9.78. The molecule has 6 heteroatoms. The van der Waals surface area contributed by atoms with Crippen molar-refractivity contribution in [2.45, 2.75) is 44.6 Å². The van der Waals surface area contributed by atoms with E-state index >= 15 is 0 Å². The molecule has 0 aliphatic carbocycles. The van der Waals surface area contributed by atoms with Crippen LogP contribution in [0.1, 0.15) is 48.2 Å². The van der Waals surface area contributed by atoms with Gasteiger partial charge in [0.25, 0.3) is 5.91 Å². The Morgan fingerprint density at radius 2 is 2.03 bits per heavy atom. The first-order chi connectivity index (χ1) is 14.2. The van der Waals surface area contributed by atoms with Crippen LogP contribution in [0.2, 0.25) is 0 Å². The summed E-state index contributed by atoms with van der Waals surface area (Å²) in [4.78, 5) is 23.1. The Hall–Kier alpha value is -2.47. The van der Waals surface area contributed by atoms with Crippen molar-refractivity contribution in [3.8, 4) is 5.75 Å². The predicted molar refractivity (Wildman–Crippen MR) is 110 cm³/mol. The Balaban J connectivity index is 1.28. The molecule has 1 amide bonds. The zero-order valence-electron chi connectivity index (χ0n) is 17.0. The summed E-state index contributed by atoms with van der Waals surface area (Å²) >= 11 is 0. The molecular formula is C23H29N3O3. The van der Waals surface area contributed by atoms with Gasteiger partial charge in [0.05, 0.1) is 17.8 Å². The van der Waals surface area contributed by atoms with E-state index in [0.717, 1.165) is 69.9 Å². The molecule has 154 valence electrons. The molecule has 2 aliphatic heterocycles. The van der Waals surface area contributed by atoms with Gasteiger partial charge in [-0.3, -0.25) is 14.8 Å². The molecule has 1 spiro atoms. The number of hydrogen-bond donors (Lipinski definition) is 0. The quantitative estimate of drug-likeness (QED) is 0.773. The molecule has 0 aromatic carbocycles. The minimum atomic E-state index is -0.0830. The zero-order valence-corrected chi connectivity index (χ0v) is 17.0. The summed E-state index contributed by atoms with van der Waals surface area (Å²) in [6.45, 7) is 4.90. The predicted octanol–water partition coefficient (Wildman–Crippen LogP) is 3.66. The van der Waals surface area contributed by atoms with Gasteiger partial charge in [0, 0.05) is 44.0 Å². The maximum atomic E-state index is 12.9. The lowest BCUT2D eigenvalue weighted by Gasteiger charge is -2.46. The number of aryl methyl sites for hydroxylation is 1. The second-order valence-corrected chi connectivity index (χ2v) is 8.14. The number of ether oxygens (including phenoxy) is 2. The number of pyridine rings is 2. The minimum absolute atomic E-state index is 0.0830. The van der Waals surface area contributed by atoms with E-state index in [1.807, 2.05) is 36.1 Å². The van der Waals surface area contributed by atoms with Crippen LogP contribution in [-0.4, -0.2) is 52.7 Å². The number of aromatic nitrogens is 2. The van der Waals surface area contributed by atoms with E-state index in [9.17, 15) is 4.79 Å². The van der Waals surface area contributed by atoms with Crippen LogP contribution in [0.4, 0.5) is 0 Å². The largest absolute Gasteiger partial charge is 0.493 e. The van der Waals surface area contributed by atoms with Gasteiger partial charge >= 0.3 is 0 Å². The zero-order chi connectivity index (χ0) is 20.1. The Morgan fingerprint density at radius 1 is 1.24 bits per heavy atom. The number of carbonyl (C=O) groups is 1. The average Bonchev–Trinajstić information content (AvgIpc) is 2.75. The van der Waals surface area contributed by atoms with E-state index in [4.69, 9.17) is 9.47 Å². The van der Waals surface area contributed by atoms with Crippen LogP contribution >= 0.6 is 0 Å². The minimum Gasteiger partial charge on any atom is -0.493 e. The van der Waals surface area contributed by atoms with Crippen LogP contribution in [0.3, 0.4) is 0 Å². The summed E-state index contributed by atoms with van der Waals surface area (Å²) in [5.41, 5.74) is 1.42. The highest BCUT2D eigenvalue weighted by Crippen LogP contribution is 2.39. The number of piperidine rings is 1. The van der Waals surface area contributed by atoms with E-state index in [0.29, 0.717) is 11.5 Å². The molecule has 6 nitrogen and oxygen atoms in total. The molecule has 2 fully saturated rings. The Labute approximate surface area is 172 Å². The molecule has 1 atom stereocenters. The maximum Gasteiger partial charge on any atom is 0.255 e. The number of carbonyl (C=O) groups excluding carboxylic acids is 1. The summed E-state index contributed by atoms with van der Waals surface area (Å²) in [6.07, 6.45) is 10.2. The van der Waals surface area contributed by atoms with Crippen molar-refractivity contribution in [1.82, 2.24) is 14.9 Å². The molecule has 2 aromatic heterocycles. The van der Waals surface area contributed by atoms with E-state index in [2.05, 4.69) is 9.97 Å². The van der Waals surface area contributed by atoms with Crippen LogP contribution in [0.25, 0.3) is 0 Å².